The SMILES string of the molecule is O=C(O)[C@@H]1CC(O)CN1C(=O)COc1ccc(F)cc1F. The summed E-state index contributed by atoms with van der Waals surface area (Å²) in [5.41, 5.74) is 0. The maximum Gasteiger partial charge on any atom is 0.326 e. The molecule has 21 heavy (non-hydrogen) atoms. The highest BCUT2D eigenvalue weighted by molar-refractivity contribution is 5.85. The number of likely N-dealkylation sites (tertiary alicyclic amines) is 1. The van der Waals surface area contributed by atoms with Crippen molar-refractivity contribution in [3.8, 4) is 5.75 Å². The number of amides is 1. The van der Waals surface area contributed by atoms with Gasteiger partial charge in [0.25, 0.3) is 5.91 Å². The molecule has 0 radical (unpaired) electrons. The van der Waals surface area contributed by atoms with Gasteiger partial charge < -0.3 is 19.8 Å². The number of benzene rings is 1. The van der Waals surface area contributed by atoms with E-state index in [2.05, 4.69) is 0 Å². The molecule has 1 amide bonds. The highest BCUT2D eigenvalue weighted by Crippen LogP contribution is 2.20. The van der Waals surface area contributed by atoms with E-state index in [-0.39, 0.29) is 18.7 Å². The van der Waals surface area contributed by atoms with E-state index < -0.39 is 42.3 Å². The van der Waals surface area contributed by atoms with Gasteiger partial charge in [0.1, 0.15) is 11.9 Å². The molecule has 0 aromatic heterocycles. The van der Waals surface area contributed by atoms with Crippen molar-refractivity contribution < 1.29 is 33.3 Å². The number of carboxylic acid groups (broad SMARTS) is 1. The van der Waals surface area contributed by atoms with Crippen molar-refractivity contribution in [2.45, 2.75) is 18.6 Å². The number of β-amino-alcohol motifs (C(OH)–C–C–N with tert-alkyl or cyclic N) is 1. The second-order valence-electron chi connectivity index (χ2n) is 4.65. The summed E-state index contributed by atoms with van der Waals surface area (Å²) in [5.74, 6) is -3.97. The molecule has 1 aromatic rings. The Kier molecular flexibility index (Phi) is 4.37. The fourth-order valence-corrected chi connectivity index (χ4v) is 2.14. The molecule has 0 aliphatic carbocycles. The van der Waals surface area contributed by atoms with Gasteiger partial charge in [0.2, 0.25) is 0 Å². The van der Waals surface area contributed by atoms with E-state index in [1.807, 2.05) is 0 Å². The molecule has 1 aliphatic heterocycles. The molecule has 8 heteroatoms. The summed E-state index contributed by atoms with van der Waals surface area (Å²) in [6, 6.07) is 1.49. The van der Waals surface area contributed by atoms with Crippen LogP contribution in [-0.4, -0.2) is 52.3 Å². The Morgan fingerprint density at radius 1 is 1.38 bits per heavy atom. The van der Waals surface area contributed by atoms with E-state index in [0.717, 1.165) is 17.0 Å². The fourth-order valence-electron chi connectivity index (χ4n) is 2.14. The molecular formula is C13H13F2NO5. The smallest absolute Gasteiger partial charge is 0.326 e. The van der Waals surface area contributed by atoms with Crippen LogP contribution in [0.4, 0.5) is 8.78 Å². The van der Waals surface area contributed by atoms with Gasteiger partial charge in [-0.3, -0.25) is 4.79 Å². The summed E-state index contributed by atoms with van der Waals surface area (Å²) in [4.78, 5) is 23.8. The minimum Gasteiger partial charge on any atom is -0.481 e. The van der Waals surface area contributed by atoms with Gasteiger partial charge in [-0.1, -0.05) is 0 Å². The second kappa shape index (κ2) is 6.04. The third kappa shape index (κ3) is 3.46. The molecule has 1 aromatic carbocycles. The first kappa shape index (κ1) is 15.2. The molecule has 0 bridgehead atoms. The van der Waals surface area contributed by atoms with Gasteiger partial charge in [-0.15, -0.1) is 0 Å². The van der Waals surface area contributed by atoms with Crippen LogP contribution in [-0.2, 0) is 9.59 Å². The van der Waals surface area contributed by atoms with Crippen LogP contribution in [0.15, 0.2) is 18.2 Å². The molecule has 1 aliphatic rings. The van der Waals surface area contributed by atoms with Crippen LogP contribution in [0, 0.1) is 11.6 Å². The third-order valence-corrected chi connectivity index (χ3v) is 3.13. The Hall–Kier alpha value is -2.22. The summed E-state index contributed by atoms with van der Waals surface area (Å²) < 4.78 is 31.0. The molecule has 0 saturated carbocycles. The minimum absolute atomic E-state index is 0.0635. The zero-order valence-electron chi connectivity index (χ0n) is 10.8. The van der Waals surface area contributed by atoms with Gasteiger partial charge in [-0.05, 0) is 12.1 Å². The number of halogens is 2. The number of hydrogen-bond donors (Lipinski definition) is 2. The van der Waals surface area contributed by atoms with Crippen molar-refractivity contribution in [2.24, 2.45) is 0 Å². The van der Waals surface area contributed by atoms with E-state index in [4.69, 9.17) is 9.84 Å². The number of aliphatic carboxylic acids is 1. The summed E-state index contributed by atoms with van der Waals surface area (Å²) in [6.07, 6.45) is -0.982. The highest BCUT2D eigenvalue weighted by Gasteiger charge is 2.38. The Morgan fingerprint density at radius 2 is 2.10 bits per heavy atom. The van der Waals surface area contributed by atoms with Gasteiger partial charge in [-0.2, -0.15) is 0 Å². The first-order valence-electron chi connectivity index (χ1n) is 6.16. The van der Waals surface area contributed by atoms with E-state index in [0.29, 0.717) is 6.07 Å². The lowest BCUT2D eigenvalue weighted by Crippen LogP contribution is -2.43. The molecule has 2 rings (SSSR count). The van der Waals surface area contributed by atoms with E-state index in [1.54, 1.807) is 0 Å². The number of carboxylic acids is 1. The number of aliphatic hydroxyl groups is 1. The lowest BCUT2D eigenvalue weighted by atomic mass is 10.2. The van der Waals surface area contributed by atoms with Gasteiger partial charge in [0.15, 0.2) is 18.2 Å². The number of carbonyl (C=O) groups excluding carboxylic acids is 1. The predicted molar refractivity (Wildman–Crippen MR) is 65.6 cm³/mol. The average molecular weight is 301 g/mol. The maximum absolute atomic E-state index is 13.3. The van der Waals surface area contributed by atoms with Crippen LogP contribution >= 0.6 is 0 Å². The normalized spacial score (nSPS) is 21.4. The molecule has 0 spiro atoms. The molecule has 1 heterocycles. The summed E-state index contributed by atoms with van der Waals surface area (Å²) >= 11 is 0. The Morgan fingerprint density at radius 3 is 2.71 bits per heavy atom. The fraction of sp³-hybridized carbons (Fsp3) is 0.385. The highest BCUT2D eigenvalue weighted by atomic mass is 19.1. The van der Waals surface area contributed by atoms with E-state index in [9.17, 15) is 23.5 Å². The minimum atomic E-state index is -1.23. The first-order valence-corrected chi connectivity index (χ1v) is 6.16. The summed E-state index contributed by atoms with van der Waals surface area (Å²) in [5, 5.41) is 18.4. The molecule has 6 nitrogen and oxygen atoms in total. The number of ether oxygens (including phenoxy) is 1. The molecule has 2 N–H and O–H groups in total. The zero-order chi connectivity index (χ0) is 15.6. The van der Waals surface area contributed by atoms with Crippen molar-refractivity contribution in [1.82, 2.24) is 4.90 Å². The molecule has 1 unspecified atom stereocenters. The monoisotopic (exact) mass is 301 g/mol. The zero-order valence-corrected chi connectivity index (χ0v) is 10.8. The van der Waals surface area contributed by atoms with Crippen molar-refractivity contribution >= 4 is 11.9 Å². The van der Waals surface area contributed by atoms with Crippen molar-refractivity contribution in [1.29, 1.82) is 0 Å². The first-order chi connectivity index (χ1) is 9.88. The molecule has 1 fully saturated rings. The second-order valence-corrected chi connectivity index (χ2v) is 4.65. The summed E-state index contributed by atoms with van der Waals surface area (Å²) in [7, 11) is 0. The molecule has 114 valence electrons. The number of carbonyl (C=O) groups is 2. The number of hydrogen-bond acceptors (Lipinski definition) is 4. The molecular weight excluding hydrogens is 288 g/mol. The standard InChI is InChI=1S/C13H13F2NO5/c14-7-1-2-11(9(15)3-7)21-6-12(18)16-5-8(17)4-10(16)13(19)20/h1-3,8,10,17H,4-6H2,(H,19,20)/t8?,10-/m0/s1. The summed E-state index contributed by atoms with van der Waals surface area (Å²) in [6.45, 7) is -0.718. The van der Waals surface area contributed by atoms with Crippen LogP contribution in [0.3, 0.4) is 0 Å². The largest absolute Gasteiger partial charge is 0.481 e. The number of nitrogens with zero attached hydrogens (tertiary/aromatic N) is 1. The van der Waals surface area contributed by atoms with Crippen LogP contribution in [0.1, 0.15) is 6.42 Å². The Bertz CT molecular complexity index is 565. The van der Waals surface area contributed by atoms with Gasteiger partial charge in [0, 0.05) is 19.0 Å². The van der Waals surface area contributed by atoms with Crippen molar-refractivity contribution in [2.75, 3.05) is 13.2 Å². The Labute approximate surface area is 118 Å². The molecule has 1 saturated heterocycles. The Balaban J connectivity index is 1.99. The lowest BCUT2D eigenvalue weighted by molar-refractivity contribution is -0.149. The van der Waals surface area contributed by atoms with Gasteiger partial charge in [0.05, 0.1) is 6.10 Å². The average Bonchev–Trinajstić information content (AvgIpc) is 2.80. The van der Waals surface area contributed by atoms with Crippen LogP contribution in [0.2, 0.25) is 0 Å². The quantitative estimate of drug-likeness (QED) is 0.840. The number of aliphatic hydroxyl groups excluding tert-OH is 1. The van der Waals surface area contributed by atoms with Crippen LogP contribution in [0.25, 0.3) is 0 Å². The van der Waals surface area contributed by atoms with Gasteiger partial charge >= 0.3 is 5.97 Å². The van der Waals surface area contributed by atoms with Gasteiger partial charge in [-0.25, -0.2) is 13.6 Å². The lowest BCUT2D eigenvalue weighted by Gasteiger charge is -2.21. The van der Waals surface area contributed by atoms with Crippen LogP contribution < -0.4 is 4.74 Å². The van der Waals surface area contributed by atoms with Crippen LogP contribution in [0.5, 0.6) is 5.75 Å². The number of rotatable bonds is 4. The third-order valence-electron chi connectivity index (χ3n) is 3.13. The predicted octanol–water partition coefficient (Wildman–Crippen LogP) is 0.390. The topological polar surface area (TPSA) is 87.1 Å². The van der Waals surface area contributed by atoms with E-state index >= 15 is 0 Å². The van der Waals surface area contributed by atoms with Crippen molar-refractivity contribution in [3.05, 3.63) is 29.8 Å². The maximum atomic E-state index is 13.3. The van der Waals surface area contributed by atoms with E-state index in [1.165, 1.54) is 0 Å². The molecule has 2 atom stereocenters. The van der Waals surface area contributed by atoms with Crippen molar-refractivity contribution in [3.63, 3.8) is 0 Å².